The van der Waals surface area contributed by atoms with Crippen LogP contribution in [0.1, 0.15) is 4.88 Å². The molecule has 1 aromatic heterocycles. The summed E-state index contributed by atoms with van der Waals surface area (Å²) < 4.78 is 24.4. The normalized spacial score (nSPS) is 10.7. The maximum Gasteiger partial charge on any atom is 0.296 e. The van der Waals surface area contributed by atoms with Crippen molar-refractivity contribution >= 4 is 33.0 Å². The quantitative estimate of drug-likeness (QED) is 0.811. The molecule has 66 valence electrons. The van der Waals surface area contributed by atoms with Gasteiger partial charge in [-0.15, -0.1) is 11.3 Å². The third kappa shape index (κ3) is 2.64. The van der Waals surface area contributed by atoms with Crippen LogP contribution < -0.4 is 0 Å². The predicted molar refractivity (Wildman–Crippen MR) is 46.7 cm³/mol. The first-order valence-corrected chi connectivity index (χ1v) is 4.80. The molecule has 0 fully saturated rings. The van der Waals surface area contributed by atoms with Crippen molar-refractivity contribution in [2.45, 2.75) is 12.8 Å². The minimum Gasteiger partial charge on any atom is -0.293 e. The molecular weight excluding hydrogens is 250 g/mol. The Kier molecular flexibility index (Phi) is 3.34. The monoisotopic (exact) mass is 254 g/mol. The summed E-state index contributed by atoms with van der Waals surface area (Å²) in [5.74, 6) is -1.02. The SMILES string of the molecule is O=C(Cc1cc(Br)cs1)C(F)F. The maximum absolute atomic E-state index is 11.8. The molecule has 0 unspecified atom stereocenters. The van der Waals surface area contributed by atoms with Crippen molar-refractivity contribution in [1.82, 2.24) is 0 Å². The number of Topliss-reactive ketones (excluding diaryl/α,β-unsaturated/α-hetero) is 1. The van der Waals surface area contributed by atoms with Gasteiger partial charge in [0.1, 0.15) is 0 Å². The molecule has 0 amide bonds. The van der Waals surface area contributed by atoms with Crippen LogP contribution in [0.15, 0.2) is 15.9 Å². The van der Waals surface area contributed by atoms with Gasteiger partial charge in [0.05, 0.1) is 0 Å². The molecule has 0 radical (unpaired) electrons. The number of hydrogen-bond acceptors (Lipinski definition) is 2. The lowest BCUT2D eigenvalue weighted by molar-refractivity contribution is -0.128. The second-order valence-electron chi connectivity index (χ2n) is 2.18. The molecule has 1 rings (SSSR count). The highest BCUT2D eigenvalue weighted by Gasteiger charge is 2.16. The molecule has 12 heavy (non-hydrogen) atoms. The summed E-state index contributed by atoms with van der Waals surface area (Å²) >= 11 is 4.46. The van der Waals surface area contributed by atoms with E-state index >= 15 is 0 Å². The van der Waals surface area contributed by atoms with Gasteiger partial charge in [0.2, 0.25) is 5.78 Å². The van der Waals surface area contributed by atoms with Gasteiger partial charge in [0.25, 0.3) is 6.43 Å². The van der Waals surface area contributed by atoms with E-state index in [0.717, 1.165) is 4.47 Å². The molecule has 0 spiro atoms. The maximum atomic E-state index is 11.8. The molecule has 1 heterocycles. The van der Waals surface area contributed by atoms with E-state index in [1.54, 1.807) is 11.4 Å². The van der Waals surface area contributed by atoms with Gasteiger partial charge >= 0.3 is 0 Å². The Hall–Kier alpha value is -0.290. The van der Waals surface area contributed by atoms with Gasteiger partial charge in [0, 0.05) is 21.2 Å². The number of ketones is 1. The van der Waals surface area contributed by atoms with E-state index in [4.69, 9.17) is 0 Å². The van der Waals surface area contributed by atoms with E-state index in [-0.39, 0.29) is 6.42 Å². The fraction of sp³-hybridized carbons (Fsp3) is 0.286. The van der Waals surface area contributed by atoms with Gasteiger partial charge in [-0.25, -0.2) is 8.78 Å². The molecule has 0 aliphatic rings. The van der Waals surface area contributed by atoms with Crippen molar-refractivity contribution < 1.29 is 13.6 Å². The third-order valence-electron chi connectivity index (χ3n) is 1.21. The van der Waals surface area contributed by atoms with Crippen LogP contribution in [-0.4, -0.2) is 12.2 Å². The zero-order chi connectivity index (χ0) is 9.14. The van der Waals surface area contributed by atoms with Gasteiger partial charge in [-0.05, 0) is 22.0 Å². The standard InChI is InChI=1S/C7H5BrF2OS/c8-4-1-5(12-3-4)2-6(11)7(9)10/h1,3,7H,2H2. The molecule has 5 heteroatoms. The Morgan fingerprint density at radius 2 is 2.33 bits per heavy atom. The summed E-state index contributed by atoms with van der Waals surface area (Å²) in [5.41, 5.74) is 0. The lowest BCUT2D eigenvalue weighted by Gasteiger charge is -1.94. The van der Waals surface area contributed by atoms with E-state index in [1.807, 2.05) is 0 Å². The highest BCUT2D eigenvalue weighted by atomic mass is 79.9. The fourth-order valence-electron chi connectivity index (χ4n) is 0.695. The smallest absolute Gasteiger partial charge is 0.293 e. The third-order valence-corrected chi connectivity index (χ3v) is 2.91. The lowest BCUT2D eigenvalue weighted by atomic mass is 10.2. The summed E-state index contributed by atoms with van der Waals surface area (Å²) in [5, 5.41) is 1.76. The molecule has 1 aromatic rings. The minimum absolute atomic E-state index is 0.173. The number of rotatable bonds is 3. The Bertz CT molecular complexity index is 285. The van der Waals surface area contributed by atoms with Crippen LogP contribution in [0.3, 0.4) is 0 Å². The highest BCUT2D eigenvalue weighted by Crippen LogP contribution is 2.20. The van der Waals surface area contributed by atoms with Crippen LogP contribution in [0.4, 0.5) is 8.78 Å². The van der Waals surface area contributed by atoms with Crippen molar-refractivity contribution in [2.24, 2.45) is 0 Å². The highest BCUT2D eigenvalue weighted by molar-refractivity contribution is 9.10. The second-order valence-corrected chi connectivity index (χ2v) is 4.09. The summed E-state index contributed by atoms with van der Waals surface area (Å²) in [6.07, 6.45) is -3.03. The first-order valence-electron chi connectivity index (χ1n) is 3.13. The van der Waals surface area contributed by atoms with E-state index in [0.29, 0.717) is 4.88 Å². The summed E-state index contributed by atoms with van der Waals surface area (Å²) in [6, 6.07) is 1.67. The van der Waals surface area contributed by atoms with Crippen molar-refractivity contribution in [1.29, 1.82) is 0 Å². The summed E-state index contributed by atoms with van der Waals surface area (Å²) in [7, 11) is 0. The molecule has 0 atom stereocenters. The number of carbonyl (C=O) groups is 1. The van der Waals surface area contributed by atoms with Crippen molar-refractivity contribution in [3.8, 4) is 0 Å². The Morgan fingerprint density at radius 1 is 1.67 bits per heavy atom. The summed E-state index contributed by atoms with van der Waals surface area (Å²) in [4.78, 5) is 11.2. The molecular formula is C7H5BrF2OS. The Morgan fingerprint density at radius 3 is 2.75 bits per heavy atom. The van der Waals surface area contributed by atoms with Crippen LogP contribution in [0.5, 0.6) is 0 Å². The zero-order valence-electron chi connectivity index (χ0n) is 5.89. The van der Waals surface area contributed by atoms with Gasteiger partial charge in [-0.2, -0.15) is 0 Å². The Labute approximate surface area is 80.5 Å². The first kappa shape index (κ1) is 9.80. The average molecular weight is 255 g/mol. The molecule has 0 saturated carbocycles. The average Bonchev–Trinajstić information content (AvgIpc) is 2.35. The molecule has 1 nitrogen and oxygen atoms in total. The predicted octanol–water partition coefficient (Wildman–Crippen LogP) is 2.89. The fourth-order valence-corrected chi connectivity index (χ4v) is 2.16. The van der Waals surface area contributed by atoms with Gasteiger partial charge in [0.15, 0.2) is 0 Å². The van der Waals surface area contributed by atoms with Gasteiger partial charge in [-0.3, -0.25) is 4.79 Å². The molecule has 0 bridgehead atoms. The van der Waals surface area contributed by atoms with Crippen LogP contribution >= 0.6 is 27.3 Å². The minimum atomic E-state index is -2.86. The molecule has 0 aliphatic heterocycles. The molecule has 0 aliphatic carbocycles. The molecule has 0 saturated heterocycles. The zero-order valence-corrected chi connectivity index (χ0v) is 8.29. The number of hydrogen-bond donors (Lipinski definition) is 0. The number of alkyl halides is 2. The first-order chi connectivity index (χ1) is 5.59. The van der Waals surface area contributed by atoms with Crippen molar-refractivity contribution in [3.63, 3.8) is 0 Å². The lowest BCUT2D eigenvalue weighted by Crippen LogP contribution is -2.11. The van der Waals surface area contributed by atoms with Crippen LogP contribution in [0.25, 0.3) is 0 Å². The van der Waals surface area contributed by atoms with Crippen molar-refractivity contribution in [3.05, 3.63) is 20.8 Å². The second kappa shape index (κ2) is 4.09. The van der Waals surface area contributed by atoms with Crippen LogP contribution in [0.2, 0.25) is 0 Å². The van der Waals surface area contributed by atoms with Crippen LogP contribution in [0, 0.1) is 0 Å². The molecule has 0 aromatic carbocycles. The number of carbonyl (C=O) groups excluding carboxylic acids is 1. The largest absolute Gasteiger partial charge is 0.296 e. The van der Waals surface area contributed by atoms with Crippen LogP contribution in [-0.2, 0) is 11.2 Å². The topological polar surface area (TPSA) is 17.1 Å². The number of thiophene rings is 1. The van der Waals surface area contributed by atoms with Crippen molar-refractivity contribution in [2.75, 3.05) is 0 Å². The van der Waals surface area contributed by atoms with E-state index in [1.165, 1.54) is 11.3 Å². The summed E-state index contributed by atoms with van der Waals surface area (Å²) in [6.45, 7) is 0. The molecule has 0 N–H and O–H groups in total. The van der Waals surface area contributed by atoms with Gasteiger partial charge in [-0.1, -0.05) is 0 Å². The van der Waals surface area contributed by atoms with E-state index in [2.05, 4.69) is 15.9 Å². The van der Waals surface area contributed by atoms with Gasteiger partial charge < -0.3 is 0 Å². The number of halogens is 3. The van der Waals surface area contributed by atoms with E-state index < -0.39 is 12.2 Å². The Balaban J connectivity index is 2.58. The van der Waals surface area contributed by atoms with E-state index in [9.17, 15) is 13.6 Å².